The van der Waals surface area contributed by atoms with E-state index in [0.717, 1.165) is 11.9 Å². The molecule has 0 unspecified atom stereocenters. The van der Waals surface area contributed by atoms with Gasteiger partial charge < -0.3 is 5.73 Å². The largest absolute Gasteiger partial charge is 0.381 e. The van der Waals surface area contributed by atoms with Gasteiger partial charge in [-0.1, -0.05) is 41.6 Å². The number of rotatable bonds is 3. The van der Waals surface area contributed by atoms with E-state index < -0.39 is 5.82 Å². The molecule has 2 N–H and O–H groups in total. The Morgan fingerprint density at radius 2 is 2.00 bits per heavy atom. The molecule has 1 aromatic carbocycles. The second-order valence-corrected chi connectivity index (χ2v) is 4.60. The molecule has 88 valence electrons. The van der Waals surface area contributed by atoms with Crippen molar-refractivity contribution >= 4 is 17.6 Å². The number of hydrogen-bond acceptors (Lipinski definition) is 4. The van der Waals surface area contributed by atoms with Crippen molar-refractivity contribution in [2.75, 3.05) is 5.73 Å². The molecule has 2 aromatic rings. The normalized spacial score (nSPS) is 10.5. The summed E-state index contributed by atoms with van der Waals surface area (Å²) in [6.07, 6.45) is 1.10. The lowest BCUT2D eigenvalue weighted by Crippen LogP contribution is -1.98. The van der Waals surface area contributed by atoms with Crippen LogP contribution in [0.15, 0.2) is 35.6 Å². The standard InChI is InChI=1S/C12H12FN3S/c1-8-2-4-9(5-3-8)7-17-12-15-6-10(13)11(14)16-12/h2-6H,7H2,1H3,(H2,14,15,16). The van der Waals surface area contributed by atoms with Crippen LogP contribution in [0.2, 0.25) is 0 Å². The molecule has 1 heterocycles. The van der Waals surface area contributed by atoms with Crippen molar-refractivity contribution in [1.29, 1.82) is 0 Å². The van der Waals surface area contributed by atoms with Crippen LogP contribution in [-0.4, -0.2) is 9.97 Å². The summed E-state index contributed by atoms with van der Waals surface area (Å²) in [5.41, 5.74) is 7.77. The Morgan fingerprint density at radius 3 is 2.65 bits per heavy atom. The Morgan fingerprint density at radius 1 is 1.29 bits per heavy atom. The molecule has 0 spiro atoms. The highest BCUT2D eigenvalue weighted by Gasteiger charge is 2.04. The molecule has 0 aliphatic carbocycles. The minimum atomic E-state index is -0.579. The summed E-state index contributed by atoms with van der Waals surface area (Å²) in [6.45, 7) is 2.04. The molecule has 0 amide bonds. The summed E-state index contributed by atoms with van der Waals surface area (Å²) in [5.74, 6) is 0.0572. The fourth-order valence-electron chi connectivity index (χ4n) is 1.27. The lowest BCUT2D eigenvalue weighted by Gasteiger charge is -2.02. The van der Waals surface area contributed by atoms with Crippen LogP contribution in [0.3, 0.4) is 0 Å². The zero-order valence-corrected chi connectivity index (χ0v) is 10.2. The molecule has 5 heteroatoms. The van der Waals surface area contributed by atoms with Crippen LogP contribution in [0.1, 0.15) is 11.1 Å². The Balaban J connectivity index is 2.02. The highest BCUT2D eigenvalue weighted by molar-refractivity contribution is 7.98. The molecule has 17 heavy (non-hydrogen) atoms. The molecule has 0 aliphatic rings. The monoisotopic (exact) mass is 249 g/mol. The van der Waals surface area contributed by atoms with Gasteiger partial charge in [-0.3, -0.25) is 0 Å². The van der Waals surface area contributed by atoms with Gasteiger partial charge in [-0.15, -0.1) is 0 Å². The van der Waals surface area contributed by atoms with Crippen LogP contribution in [0.4, 0.5) is 10.2 Å². The molecule has 0 atom stereocenters. The zero-order chi connectivity index (χ0) is 12.3. The number of thioether (sulfide) groups is 1. The maximum Gasteiger partial charge on any atom is 0.189 e. The van der Waals surface area contributed by atoms with Crippen LogP contribution in [0.5, 0.6) is 0 Å². The number of halogens is 1. The van der Waals surface area contributed by atoms with E-state index in [9.17, 15) is 4.39 Å². The van der Waals surface area contributed by atoms with E-state index in [1.54, 1.807) is 0 Å². The maximum absolute atomic E-state index is 12.8. The first-order chi connectivity index (χ1) is 8.15. The molecular weight excluding hydrogens is 237 g/mol. The number of hydrogen-bond donors (Lipinski definition) is 1. The Labute approximate surface area is 103 Å². The van der Waals surface area contributed by atoms with E-state index in [1.807, 2.05) is 6.92 Å². The zero-order valence-electron chi connectivity index (χ0n) is 9.35. The second kappa shape index (κ2) is 5.14. The van der Waals surface area contributed by atoms with Gasteiger partial charge >= 0.3 is 0 Å². The number of nitrogens with two attached hydrogens (primary N) is 1. The van der Waals surface area contributed by atoms with Gasteiger partial charge in [0.2, 0.25) is 0 Å². The summed E-state index contributed by atoms with van der Waals surface area (Å²) in [6, 6.07) is 8.20. The Kier molecular flexibility index (Phi) is 3.58. The smallest absolute Gasteiger partial charge is 0.189 e. The average molecular weight is 249 g/mol. The Bertz CT molecular complexity index is 514. The van der Waals surface area contributed by atoms with E-state index >= 15 is 0 Å². The van der Waals surface area contributed by atoms with E-state index in [2.05, 4.69) is 34.2 Å². The van der Waals surface area contributed by atoms with Crippen molar-refractivity contribution in [3.05, 3.63) is 47.4 Å². The molecular formula is C12H12FN3S. The molecule has 3 nitrogen and oxygen atoms in total. The average Bonchev–Trinajstić information content (AvgIpc) is 2.33. The molecule has 0 radical (unpaired) electrons. The molecule has 0 aliphatic heterocycles. The number of aromatic nitrogens is 2. The lowest BCUT2D eigenvalue weighted by atomic mass is 10.2. The third kappa shape index (κ3) is 3.17. The number of nitrogens with zero attached hydrogens (tertiary/aromatic N) is 2. The van der Waals surface area contributed by atoms with Crippen LogP contribution >= 0.6 is 11.8 Å². The summed E-state index contributed by atoms with van der Waals surface area (Å²) in [4.78, 5) is 7.73. The summed E-state index contributed by atoms with van der Waals surface area (Å²) >= 11 is 1.43. The minimum Gasteiger partial charge on any atom is -0.381 e. The van der Waals surface area contributed by atoms with Gasteiger partial charge in [0.25, 0.3) is 0 Å². The SMILES string of the molecule is Cc1ccc(CSc2ncc(F)c(N)n2)cc1. The van der Waals surface area contributed by atoms with Gasteiger partial charge in [0.15, 0.2) is 16.8 Å². The predicted octanol–water partition coefficient (Wildman–Crippen LogP) is 2.80. The number of benzene rings is 1. The fraction of sp³-hybridized carbons (Fsp3) is 0.167. The summed E-state index contributed by atoms with van der Waals surface area (Å²) in [7, 11) is 0. The van der Waals surface area contributed by atoms with Gasteiger partial charge in [0.05, 0.1) is 6.20 Å². The highest BCUT2D eigenvalue weighted by Crippen LogP contribution is 2.20. The number of aryl methyl sites for hydroxylation is 1. The van der Waals surface area contributed by atoms with E-state index in [-0.39, 0.29) is 5.82 Å². The predicted molar refractivity (Wildman–Crippen MR) is 67.1 cm³/mol. The van der Waals surface area contributed by atoms with Crippen LogP contribution in [0, 0.1) is 12.7 Å². The van der Waals surface area contributed by atoms with Gasteiger partial charge in [-0.2, -0.15) is 0 Å². The van der Waals surface area contributed by atoms with Gasteiger partial charge in [0.1, 0.15) is 0 Å². The molecule has 0 bridgehead atoms. The van der Waals surface area contributed by atoms with Crippen LogP contribution in [-0.2, 0) is 5.75 Å². The molecule has 2 rings (SSSR count). The van der Waals surface area contributed by atoms with Gasteiger partial charge in [0, 0.05) is 5.75 Å². The molecule has 0 saturated carbocycles. The van der Waals surface area contributed by atoms with Crippen molar-refractivity contribution in [2.45, 2.75) is 17.8 Å². The molecule has 0 fully saturated rings. The number of anilines is 1. The summed E-state index contributed by atoms with van der Waals surface area (Å²) in [5, 5.41) is 0.490. The van der Waals surface area contributed by atoms with Crippen LogP contribution in [0.25, 0.3) is 0 Å². The molecule has 1 aromatic heterocycles. The van der Waals surface area contributed by atoms with Gasteiger partial charge in [-0.25, -0.2) is 14.4 Å². The maximum atomic E-state index is 12.8. The highest BCUT2D eigenvalue weighted by atomic mass is 32.2. The first-order valence-corrected chi connectivity index (χ1v) is 6.10. The minimum absolute atomic E-state index is 0.105. The van der Waals surface area contributed by atoms with Crippen molar-refractivity contribution in [1.82, 2.24) is 9.97 Å². The van der Waals surface area contributed by atoms with Gasteiger partial charge in [-0.05, 0) is 12.5 Å². The topological polar surface area (TPSA) is 51.8 Å². The summed E-state index contributed by atoms with van der Waals surface area (Å²) < 4.78 is 12.8. The quantitative estimate of drug-likeness (QED) is 0.671. The third-order valence-electron chi connectivity index (χ3n) is 2.24. The Hall–Kier alpha value is -1.62. The van der Waals surface area contributed by atoms with Crippen molar-refractivity contribution in [2.24, 2.45) is 0 Å². The van der Waals surface area contributed by atoms with E-state index in [1.165, 1.54) is 22.9 Å². The van der Waals surface area contributed by atoms with E-state index in [0.29, 0.717) is 5.16 Å². The van der Waals surface area contributed by atoms with E-state index in [4.69, 9.17) is 5.73 Å². The van der Waals surface area contributed by atoms with Crippen molar-refractivity contribution < 1.29 is 4.39 Å². The van der Waals surface area contributed by atoms with Crippen molar-refractivity contribution in [3.8, 4) is 0 Å². The first kappa shape index (κ1) is 11.9. The third-order valence-corrected chi connectivity index (χ3v) is 3.17. The first-order valence-electron chi connectivity index (χ1n) is 5.11. The van der Waals surface area contributed by atoms with Crippen LogP contribution < -0.4 is 5.73 Å². The number of nitrogen functional groups attached to an aromatic ring is 1. The lowest BCUT2D eigenvalue weighted by molar-refractivity contribution is 0.612. The fourth-order valence-corrected chi connectivity index (χ4v) is 2.04. The second-order valence-electron chi connectivity index (χ2n) is 3.66. The van der Waals surface area contributed by atoms with Crippen molar-refractivity contribution in [3.63, 3.8) is 0 Å². The molecule has 0 saturated heterocycles.